The first-order valence-electron chi connectivity index (χ1n) is 11.4. The fourth-order valence-corrected chi connectivity index (χ4v) is 3.96. The summed E-state index contributed by atoms with van der Waals surface area (Å²) in [6.07, 6.45) is 2.16. The number of nitrogens with zero attached hydrogens (tertiary/aromatic N) is 1. The summed E-state index contributed by atoms with van der Waals surface area (Å²) in [4.78, 5) is 26.2. The number of hydrogen-bond acceptors (Lipinski definition) is 5. The van der Waals surface area contributed by atoms with E-state index in [9.17, 15) is 9.59 Å². The van der Waals surface area contributed by atoms with Gasteiger partial charge >= 0.3 is 0 Å². The second-order valence-electron chi connectivity index (χ2n) is 7.89. The minimum atomic E-state index is -0.622. The molecule has 35 heavy (non-hydrogen) atoms. The number of amides is 2. The van der Waals surface area contributed by atoms with Crippen molar-refractivity contribution in [2.24, 2.45) is 0 Å². The lowest BCUT2D eigenvalue weighted by molar-refractivity contribution is 0.0706. The summed E-state index contributed by atoms with van der Waals surface area (Å²) in [7, 11) is 0. The van der Waals surface area contributed by atoms with Crippen molar-refractivity contribution in [3.63, 3.8) is 0 Å². The van der Waals surface area contributed by atoms with Crippen LogP contribution in [0.25, 0.3) is 10.8 Å². The van der Waals surface area contributed by atoms with Gasteiger partial charge in [0.05, 0.1) is 0 Å². The van der Waals surface area contributed by atoms with Gasteiger partial charge in [-0.2, -0.15) is 0 Å². The van der Waals surface area contributed by atoms with Crippen LogP contribution in [0.5, 0.6) is 0 Å². The lowest BCUT2D eigenvalue weighted by Crippen LogP contribution is -2.36. The molecule has 7 nitrogen and oxygen atoms in total. The van der Waals surface area contributed by atoms with E-state index in [1.165, 1.54) is 40.6 Å². The summed E-state index contributed by atoms with van der Waals surface area (Å²) in [5.74, 6) is -0.924. The molecule has 9 heteroatoms. The second-order valence-corrected chi connectivity index (χ2v) is 7.89. The number of hydroxylamine groups is 1. The van der Waals surface area contributed by atoms with Gasteiger partial charge in [-0.05, 0) is 78.6 Å². The number of carbonyl (C=O) groups excluding carboxylic acids is 2. The molecule has 0 heterocycles. The second kappa shape index (κ2) is 15.3. The number of hydrogen-bond donors (Lipinski definition) is 4. The third kappa shape index (κ3) is 8.19. The molecule has 0 atom stereocenters. The molecular weight excluding hydrogens is 487 g/mol. The van der Waals surface area contributed by atoms with Crippen LogP contribution in [0.4, 0.5) is 0 Å². The summed E-state index contributed by atoms with van der Waals surface area (Å²) in [6, 6.07) is 18.7. The fourth-order valence-electron chi connectivity index (χ4n) is 3.96. The largest absolute Gasteiger partial charge is 0.304 e. The summed E-state index contributed by atoms with van der Waals surface area (Å²) in [6.45, 7) is 8.14. The van der Waals surface area contributed by atoms with Gasteiger partial charge in [-0.15, -0.1) is 24.8 Å². The Morgan fingerprint density at radius 3 is 1.91 bits per heavy atom. The molecule has 3 rings (SSSR count). The van der Waals surface area contributed by atoms with Gasteiger partial charge in [0.15, 0.2) is 0 Å². The molecule has 0 spiro atoms. The van der Waals surface area contributed by atoms with E-state index in [0.717, 1.165) is 38.0 Å². The Morgan fingerprint density at radius 1 is 0.800 bits per heavy atom. The van der Waals surface area contributed by atoms with E-state index in [1.54, 1.807) is 5.48 Å². The summed E-state index contributed by atoms with van der Waals surface area (Å²) in [5, 5.41) is 11.1. The van der Waals surface area contributed by atoms with Gasteiger partial charge in [0, 0.05) is 17.7 Å². The molecule has 0 saturated carbocycles. The van der Waals surface area contributed by atoms with E-state index < -0.39 is 5.91 Å². The van der Waals surface area contributed by atoms with Crippen LogP contribution in [0.3, 0.4) is 0 Å². The lowest BCUT2D eigenvalue weighted by Gasteiger charge is -2.18. The van der Waals surface area contributed by atoms with Crippen LogP contribution >= 0.6 is 24.8 Å². The number of rotatable bonds is 11. The smallest absolute Gasteiger partial charge is 0.274 e. The Hall–Kier alpha value is -2.68. The zero-order valence-corrected chi connectivity index (χ0v) is 21.7. The monoisotopic (exact) mass is 520 g/mol. The van der Waals surface area contributed by atoms with Crippen molar-refractivity contribution in [2.45, 2.75) is 33.2 Å². The zero-order valence-electron chi connectivity index (χ0n) is 20.0. The SMILES string of the molecule is CCN(CC)CCCc1ccc(CNNC(=O)c2ccc(C(=O)NO)cc2)c2ccccc12.Cl.Cl. The minimum absolute atomic E-state index is 0. The number of aryl methyl sites for hydroxylation is 1. The van der Waals surface area contributed by atoms with E-state index in [2.05, 4.69) is 59.9 Å². The third-order valence-electron chi connectivity index (χ3n) is 5.91. The number of carbonyl (C=O) groups is 2. The van der Waals surface area contributed by atoms with E-state index in [-0.39, 0.29) is 36.3 Å². The van der Waals surface area contributed by atoms with Gasteiger partial charge < -0.3 is 4.90 Å². The van der Waals surface area contributed by atoms with Crippen molar-refractivity contribution in [1.82, 2.24) is 21.2 Å². The van der Waals surface area contributed by atoms with Crippen molar-refractivity contribution in [2.75, 3.05) is 19.6 Å². The standard InChI is InChI=1S/C26H32N4O3.2ClH/c1-3-30(4-2)17-7-8-19-11-16-22(24-10-6-5-9-23(19)24)18-27-28-25(31)20-12-14-21(15-13-20)26(32)29-33;;/h5-6,9-16,27,33H,3-4,7-8,17-18H2,1-2H3,(H,28,31)(H,29,32);2*1H. The molecule has 0 unspecified atom stereocenters. The maximum absolute atomic E-state index is 12.4. The molecule has 4 N–H and O–H groups in total. The molecule has 0 aliphatic rings. The van der Waals surface area contributed by atoms with Gasteiger partial charge in [0.1, 0.15) is 0 Å². The number of nitrogens with one attached hydrogen (secondary N) is 3. The highest BCUT2D eigenvalue weighted by atomic mass is 35.5. The highest BCUT2D eigenvalue weighted by molar-refractivity contribution is 5.97. The van der Waals surface area contributed by atoms with Gasteiger partial charge in [-0.3, -0.25) is 20.2 Å². The van der Waals surface area contributed by atoms with Crippen LogP contribution in [0.2, 0.25) is 0 Å². The molecule has 0 fully saturated rings. The molecule has 0 bridgehead atoms. The maximum atomic E-state index is 12.4. The summed E-state index contributed by atoms with van der Waals surface area (Å²) < 4.78 is 0. The summed E-state index contributed by atoms with van der Waals surface area (Å²) >= 11 is 0. The average molecular weight is 521 g/mol. The Kier molecular flexibility index (Phi) is 13.3. The molecular formula is C26H34Cl2N4O3. The van der Waals surface area contributed by atoms with Crippen LogP contribution < -0.4 is 16.3 Å². The number of benzene rings is 3. The first kappa shape index (κ1) is 30.4. The quantitative estimate of drug-likeness (QED) is 0.220. The van der Waals surface area contributed by atoms with Gasteiger partial charge in [-0.1, -0.05) is 50.2 Å². The van der Waals surface area contributed by atoms with Crippen molar-refractivity contribution in [1.29, 1.82) is 0 Å². The molecule has 0 aromatic heterocycles. The number of halogens is 2. The predicted octanol–water partition coefficient (Wildman–Crippen LogP) is 4.51. The van der Waals surface area contributed by atoms with Crippen LogP contribution in [0.15, 0.2) is 60.7 Å². The topological polar surface area (TPSA) is 93.7 Å². The molecule has 0 saturated heterocycles. The fraction of sp³-hybridized carbons (Fsp3) is 0.308. The van der Waals surface area contributed by atoms with Crippen LogP contribution in [0, 0.1) is 0 Å². The van der Waals surface area contributed by atoms with E-state index in [0.29, 0.717) is 12.1 Å². The Balaban J connectivity index is 0.00000306. The first-order valence-corrected chi connectivity index (χ1v) is 11.4. The number of hydrazine groups is 1. The van der Waals surface area contributed by atoms with Crippen LogP contribution in [-0.4, -0.2) is 41.6 Å². The Morgan fingerprint density at radius 2 is 1.34 bits per heavy atom. The molecule has 190 valence electrons. The van der Waals surface area contributed by atoms with Crippen molar-refractivity contribution < 1.29 is 14.8 Å². The average Bonchev–Trinajstić information content (AvgIpc) is 2.87. The lowest BCUT2D eigenvalue weighted by atomic mass is 9.97. The molecule has 0 radical (unpaired) electrons. The molecule has 3 aromatic rings. The highest BCUT2D eigenvalue weighted by Gasteiger charge is 2.10. The molecule has 0 aliphatic heterocycles. The van der Waals surface area contributed by atoms with E-state index >= 15 is 0 Å². The van der Waals surface area contributed by atoms with Gasteiger partial charge in [0.25, 0.3) is 11.8 Å². The normalized spacial score (nSPS) is 10.4. The maximum Gasteiger partial charge on any atom is 0.274 e. The molecule has 0 aliphatic carbocycles. The van der Waals surface area contributed by atoms with Crippen molar-refractivity contribution >= 4 is 47.4 Å². The van der Waals surface area contributed by atoms with Crippen LogP contribution in [-0.2, 0) is 13.0 Å². The van der Waals surface area contributed by atoms with Gasteiger partial charge in [-0.25, -0.2) is 10.9 Å². The molecule has 2 amide bonds. The first-order chi connectivity index (χ1) is 16.1. The van der Waals surface area contributed by atoms with Gasteiger partial charge in [0.2, 0.25) is 0 Å². The highest BCUT2D eigenvalue weighted by Crippen LogP contribution is 2.24. The number of fused-ring (bicyclic) bond motifs is 1. The van der Waals surface area contributed by atoms with E-state index in [4.69, 9.17) is 5.21 Å². The Labute approximate surface area is 219 Å². The zero-order chi connectivity index (χ0) is 23.6. The molecule has 3 aromatic carbocycles. The van der Waals surface area contributed by atoms with Crippen LogP contribution in [0.1, 0.15) is 52.1 Å². The van der Waals surface area contributed by atoms with E-state index in [1.807, 2.05) is 6.07 Å². The minimum Gasteiger partial charge on any atom is -0.304 e. The van der Waals surface area contributed by atoms with Crippen molar-refractivity contribution in [3.8, 4) is 0 Å². The Bertz CT molecular complexity index is 1090. The van der Waals surface area contributed by atoms with Crippen molar-refractivity contribution in [3.05, 3.63) is 82.9 Å². The predicted molar refractivity (Wildman–Crippen MR) is 145 cm³/mol. The summed E-state index contributed by atoms with van der Waals surface area (Å²) in [5.41, 5.74) is 10.4. The third-order valence-corrected chi connectivity index (χ3v) is 5.91.